The highest BCUT2D eigenvalue weighted by atomic mass is 16.6. The van der Waals surface area contributed by atoms with Gasteiger partial charge < -0.3 is 10.1 Å². The first-order chi connectivity index (χ1) is 9.35. The predicted octanol–water partition coefficient (Wildman–Crippen LogP) is 1.00. The van der Waals surface area contributed by atoms with Gasteiger partial charge in [-0.25, -0.2) is 4.79 Å². The van der Waals surface area contributed by atoms with Gasteiger partial charge in [0.25, 0.3) is 11.4 Å². The second-order valence-corrected chi connectivity index (χ2v) is 3.43. The number of amides is 1. The van der Waals surface area contributed by atoms with E-state index in [2.05, 4.69) is 4.74 Å². The van der Waals surface area contributed by atoms with Crippen LogP contribution in [0.25, 0.3) is 0 Å². The lowest BCUT2D eigenvalue weighted by molar-refractivity contribution is -0.394. The van der Waals surface area contributed by atoms with Gasteiger partial charge in [-0.2, -0.15) is 0 Å². The molecule has 0 aromatic heterocycles. The molecule has 0 aliphatic heterocycles. The number of benzene rings is 1. The van der Waals surface area contributed by atoms with E-state index in [1.165, 1.54) is 6.92 Å². The van der Waals surface area contributed by atoms with Crippen LogP contribution in [0.4, 0.5) is 17.1 Å². The zero-order valence-corrected chi connectivity index (χ0v) is 10.2. The minimum Gasteiger partial charge on any atom is -0.459 e. The van der Waals surface area contributed by atoms with Crippen molar-refractivity contribution in [1.29, 1.82) is 0 Å². The van der Waals surface area contributed by atoms with Gasteiger partial charge in [0.2, 0.25) is 0 Å². The maximum absolute atomic E-state index is 11.3. The van der Waals surface area contributed by atoms with E-state index >= 15 is 0 Å². The van der Waals surface area contributed by atoms with Crippen LogP contribution in [0.1, 0.15) is 6.92 Å². The molecule has 0 saturated carbocycles. The van der Waals surface area contributed by atoms with Crippen molar-refractivity contribution < 1.29 is 24.2 Å². The van der Waals surface area contributed by atoms with E-state index < -0.39 is 33.1 Å². The van der Waals surface area contributed by atoms with Gasteiger partial charge >= 0.3 is 11.9 Å². The number of hydrogen-bond acceptors (Lipinski definition) is 7. The lowest BCUT2D eigenvalue weighted by atomic mass is 10.2. The zero-order chi connectivity index (χ0) is 15.3. The molecular weight excluding hydrogens is 274 g/mol. The molecule has 0 radical (unpaired) electrons. The molecule has 0 bridgehead atoms. The average Bonchev–Trinajstić information content (AvgIpc) is 2.38. The largest absolute Gasteiger partial charge is 0.459 e. The number of non-ortho nitro benzene ring substituents is 2. The third kappa shape index (κ3) is 3.73. The Balaban J connectivity index is 3.05. The van der Waals surface area contributed by atoms with E-state index in [9.17, 15) is 29.8 Å². The maximum Gasteiger partial charge on any atom is 0.397 e. The fourth-order valence-electron chi connectivity index (χ4n) is 1.26. The molecule has 0 aliphatic carbocycles. The number of nitrogens with one attached hydrogen (secondary N) is 1. The third-order valence-corrected chi connectivity index (χ3v) is 2.04. The van der Waals surface area contributed by atoms with Crippen LogP contribution in [0, 0.1) is 20.2 Å². The quantitative estimate of drug-likeness (QED) is 0.376. The molecule has 1 aromatic carbocycles. The highest BCUT2D eigenvalue weighted by Crippen LogP contribution is 2.25. The fourth-order valence-corrected chi connectivity index (χ4v) is 1.26. The maximum atomic E-state index is 11.3. The Morgan fingerprint density at radius 2 is 1.65 bits per heavy atom. The van der Waals surface area contributed by atoms with E-state index in [1.54, 1.807) is 0 Å². The van der Waals surface area contributed by atoms with Crippen LogP contribution >= 0.6 is 0 Å². The van der Waals surface area contributed by atoms with E-state index in [1.807, 2.05) is 5.32 Å². The number of nitro groups is 2. The molecular formula is C10H9N3O7. The molecule has 0 atom stereocenters. The second-order valence-electron chi connectivity index (χ2n) is 3.43. The lowest BCUT2D eigenvalue weighted by Crippen LogP contribution is -2.25. The summed E-state index contributed by atoms with van der Waals surface area (Å²) in [5.41, 5.74) is -1.42. The first kappa shape index (κ1) is 15.0. The molecule has 1 amide bonds. The van der Waals surface area contributed by atoms with Crippen LogP contribution < -0.4 is 5.32 Å². The monoisotopic (exact) mass is 283 g/mol. The van der Waals surface area contributed by atoms with Gasteiger partial charge in [-0.3, -0.25) is 25.0 Å². The van der Waals surface area contributed by atoms with Gasteiger partial charge in [-0.15, -0.1) is 0 Å². The van der Waals surface area contributed by atoms with Crippen molar-refractivity contribution >= 4 is 28.9 Å². The van der Waals surface area contributed by atoms with Crippen molar-refractivity contribution in [2.75, 3.05) is 11.9 Å². The predicted molar refractivity (Wildman–Crippen MR) is 65.0 cm³/mol. The normalized spacial score (nSPS) is 9.65. The number of hydrogen-bond donors (Lipinski definition) is 1. The van der Waals surface area contributed by atoms with Crippen LogP contribution in [0.2, 0.25) is 0 Å². The Labute approximate surface area is 111 Å². The number of carbonyl (C=O) groups is 2. The van der Waals surface area contributed by atoms with Crippen molar-refractivity contribution in [2.45, 2.75) is 6.92 Å². The Morgan fingerprint density at radius 1 is 1.15 bits per heavy atom. The minimum atomic E-state index is -1.19. The van der Waals surface area contributed by atoms with Gasteiger partial charge in [0, 0.05) is 12.1 Å². The zero-order valence-electron chi connectivity index (χ0n) is 10.2. The average molecular weight is 283 g/mol. The minimum absolute atomic E-state index is 0.0264. The summed E-state index contributed by atoms with van der Waals surface area (Å²) in [4.78, 5) is 42.0. The number of anilines is 1. The van der Waals surface area contributed by atoms with Gasteiger partial charge in [0.1, 0.15) is 0 Å². The molecule has 0 fully saturated rings. The molecule has 10 heteroatoms. The Kier molecular flexibility index (Phi) is 4.67. The van der Waals surface area contributed by atoms with E-state index in [0.29, 0.717) is 0 Å². The highest BCUT2D eigenvalue weighted by molar-refractivity contribution is 6.37. The number of esters is 1. The number of ether oxygens (including phenoxy) is 1. The fraction of sp³-hybridized carbons (Fsp3) is 0.200. The van der Waals surface area contributed by atoms with Crippen LogP contribution in [-0.2, 0) is 14.3 Å². The molecule has 10 nitrogen and oxygen atoms in total. The SMILES string of the molecule is CCOC(=O)C(=O)Nc1cc([N+](=O)[O-])cc([N+](=O)[O-])c1. The number of nitrogens with zero attached hydrogens (tertiary/aromatic N) is 2. The summed E-state index contributed by atoms with van der Waals surface area (Å²) in [6.45, 7) is 1.46. The summed E-state index contributed by atoms with van der Waals surface area (Å²) in [5.74, 6) is -2.37. The molecule has 0 saturated heterocycles. The van der Waals surface area contributed by atoms with Gasteiger partial charge in [-0.1, -0.05) is 0 Å². The molecule has 1 N–H and O–H groups in total. The lowest BCUT2D eigenvalue weighted by Gasteiger charge is -2.04. The van der Waals surface area contributed by atoms with E-state index in [-0.39, 0.29) is 12.3 Å². The summed E-state index contributed by atoms with van der Waals surface area (Å²) < 4.78 is 4.41. The van der Waals surface area contributed by atoms with Crippen LogP contribution in [0.3, 0.4) is 0 Å². The molecule has 0 unspecified atom stereocenters. The first-order valence-electron chi connectivity index (χ1n) is 5.27. The van der Waals surface area contributed by atoms with Crippen molar-refractivity contribution in [1.82, 2.24) is 0 Å². The molecule has 1 rings (SSSR count). The standard InChI is InChI=1S/C10H9N3O7/c1-2-20-10(15)9(14)11-6-3-7(12(16)17)5-8(4-6)13(18)19/h3-5H,2H2,1H3,(H,11,14). The van der Waals surface area contributed by atoms with Crippen LogP contribution in [0.15, 0.2) is 18.2 Å². The second kappa shape index (κ2) is 6.22. The van der Waals surface area contributed by atoms with Crippen LogP contribution in [0.5, 0.6) is 0 Å². The Hall–Kier alpha value is -3.04. The van der Waals surface area contributed by atoms with Gasteiger partial charge in [-0.05, 0) is 6.92 Å². The Morgan fingerprint density at radius 3 is 2.05 bits per heavy atom. The van der Waals surface area contributed by atoms with Crippen molar-refractivity contribution in [3.63, 3.8) is 0 Å². The highest BCUT2D eigenvalue weighted by Gasteiger charge is 2.20. The van der Waals surface area contributed by atoms with Gasteiger partial charge in [0.15, 0.2) is 0 Å². The molecule has 106 valence electrons. The van der Waals surface area contributed by atoms with Crippen LogP contribution in [-0.4, -0.2) is 28.3 Å². The Bertz CT molecular complexity index is 552. The summed E-state index contributed by atoms with van der Waals surface area (Å²) in [6.07, 6.45) is 0. The summed E-state index contributed by atoms with van der Waals surface area (Å²) >= 11 is 0. The number of rotatable bonds is 4. The van der Waals surface area contributed by atoms with E-state index in [0.717, 1.165) is 18.2 Å². The third-order valence-electron chi connectivity index (χ3n) is 2.04. The number of carbonyl (C=O) groups excluding carboxylic acids is 2. The first-order valence-corrected chi connectivity index (χ1v) is 5.27. The molecule has 0 aliphatic rings. The van der Waals surface area contributed by atoms with E-state index in [4.69, 9.17) is 0 Å². The summed E-state index contributed by atoms with van der Waals surface area (Å²) in [5, 5.41) is 23.3. The molecule has 0 spiro atoms. The van der Waals surface area contributed by atoms with Crippen molar-refractivity contribution in [3.05, 3.63) is 38.4 Å². The molecule has 20 heavy (non-hydrogen) atoms. The summed E-state index contributed by atoms with van der Waals surface area (Å²) in [7, 11) is 0. The van der Waals surface area contributed by atoms with Crippen molar-refractivity contribution in [3.8, 4) is 0 Å². The molecule has 0 heterocycles. The topological polar surface area (TPSA) is 142 Å². The van der Waals surface area contributed by atoms with Crippen molar-refractivity contribution in [2.24, 2.45) is 0 Å². The van der Waals surface area contributed by atoms with Gasteiger partial charge in [0.05, 0.1) is 28.2 Å². The number of nitro benzene ring substituents is 2. The summed E-state index contributed by atoms with van der Waals surface area (Å²) in [6, 6.07) is 2.52. The molecule has 1 aromatic rings. The smallest absolute Gasteiger partial charge is 0.397 e.